The topological polar surface area (TPSA) is 74.5 Å². The number of hydrogen-bond donors (Lipinski definition) is 0. The molecule has 0 amide bonds. The van der Waals surface area contributed by atoms with E-state index in [1.165, 1.54) is 0 Å². The van der Waals surface area contributed by atoms with E-state index >= 15 is 0 Å². The van der Waals surface area contributed by atoms with Gasteiger partial charge >= 0.3 is 11.9 Å². The summed E-state index contributed by atoms with van der Waals surface area (Å²) >= 11 is 0. The summed E-state index contributed by atoms with van der Waals surface area (Å²) in [5.41, 5.74) is 0. The van der Waals surface area contributed by atoms with E-state index in [1.807, 2.05) is 0 Å². The maximum Gasteiger partial charge on any atom is 0.397 e. The predicted molar refractivity (Wildman–Crippen MR) is 52.9 cm³/mol. The monoisotopic (exact) mass is 226 g/mol. The molecule has 1 saturated heterocycles. The highest BCUT2D eigenvalue weighted by atomic mass is 16.6. The maximum atomic E-state index is 11.3. The Morgan fingerprint density at radius 1 is 1.62 bits per heavy atom. The van der Waals surface area contributed by atoms with Crippen LogP contribution in [-0.4, -0.2) is 35.9 Å². The smallest absolute Gasteiger partial charge is 0.397 e. The van der Waals surface area contributed by atoms with E-state index in [-0.39, 0.29) is 5.89 Å². The molecule has 0 spiro atoms. The van der Waals surface area contributed by atoms with Crippen LogP contribution in [0.1, 0.15) is 29.9 Å². The lowest BCUT2D eigenvalue weighted by Crippen LogP contribution is -2.07. The third-order valence-electron chi connectivity index (χ3n) is 2.41. The molecule has 1 fully saturated rings. The number of esters is 1. The number of ether oxygens (including phenoxy) is 2. The molecule has 2 heterocycles. The zero-order valence-electron chi connectivity index (χ0n) is 9.14. The van der Waals surface area contributed by atoms with Gasteiger partial charge in [-0.15, -0.1) is 0 Å². The van der Waals surface area contributed by atoms with E-state index in [0.717, 1.165) is 19.6 Å². The van der Waals surface area contributed by atoms with E-state index in [4.69, 9.17) is 14.0 Å². The number of carbonyl (C=O) groups excluding carboxylic acids is 1. The number of aromatic nitrogens is 2. The van der Waals surface area contributed by atoms with Crippen LogP contribution in [-0.2, 0) is 15.9 Å². The summed E-state index contributed by atoms with van der Waals surface area (Å²) in [7, 11) is 0. The highest BCUT2D eigenvalue weighted by Crippen LogP contribution is 2.16. The molecule has 1 aromatic heterocycles. The molecule has 1 aromatic rings. The molecule has 1 unspecified atom stereocenters. The second kappa shape index (κ2) is 5.07. The molecule has 16 heavy (non-hydrogen) atoms. The van der Waals surface area contributed by atoms with Crippen molar-refractivity contribution in [2.24, 2.45) is 5.92 Å². The van der Waals surface area contributed by atoms with Crippen molar-refractivity contribution in [3.05, 3.63) is 11.7 Å². The first kappa shape index (κ1) is 11.1. The molecule has 0 saturated carbocycles. The van der Waals surface area contributed by atoms with Gasteiger partial charge in [0.15, 0.2) is 5.82 Å². The first-order valence-electron chi connectivity index (χ1n) is 5.37. The van der Waals surface area contributed by atoms with Crippen molar-refractivity contribution >= 4 is 5.97 Å². The third-order valence-corrected chi connectivity index (χ3v) is 2.41. The Morgan fingerprint density at radius 3 is 3.19 bits per heavy atom. The number of hydrogen-bond acceptors (Lipinski definition) is 6. The highest BCUT2D eigenvalue weighted by molar-refractivity contribution is 5.83. The summed E-state index contributed by atoms with van der Waals surface area (Å²) in [6.07, 6.45) is 1.69. The summed E-state index contributed by atoms with van der Waals surface area (Å²) < 4.78 is 14.8. The Morgan fingerprint density at radius 2 is 2.50 bits per heavy atom. The normalized spacial score (nSPS) is 19.9. The van der Waals surface area contributed by atoms with Crippen LogP contribution in [0.5, 0.6) is 0 Å². The minimum atomic E-state index is -0.566. The van der Waals surface area contributed by atoms with Gasteiger partial charge in [0.2, 0.25) is 0 Å². The van der Waals surface area contributed by atoms with Gasteiger partial charge in [-0.2, -0.15) is 4.98 Å². The van der Waals surface area contributed by atoms with Crippen LogP contribution in [0.2, 0.25) is 0 Å². The van der Waals surface area contributed by atoms with E-state index in [0.29, 0.717) is 24.8 Å². The van der Waals surface area contributed by atoms with Crippen LogP contribution in [0.15, 0.2) is 4.52 Å². The lowest BCUT2D eigenvalue weighted by molar-refractivity contribution is 0.0470. The number of nitrogens with zero attached hydrogens (tertiary/aromatic N) is 2. The van der Waals surface area contributed by atoms with Gasteiger partial charge in [0.25, 0.3) is 0 Å². The first-order valence-corrected chi connectivity index (χ1v) is 5.37. The molecule has 2 rings (SSSR count). The van der Waals surface area contributed by atoms with Gasteiger partial charge in [-0.1, -0.05) is 5.16 Å². The molecule has 0 bridgehead atoms. The SMILES string of the molecule is CCOC(=O)c1nc(CC2CCOC2)no1. The zero-order valence-corrected chi connectivity index (χ0v) is 9.14. The third kappa shape index (κ3) is 2.57. The fourth-order valence-electron chi connectivity index (χ4n) is 1.62. The highest BCUT2D eigenvalue weighted by Gasteiger charge is 2.21. The van der Waals surface area contributed by atoms with Crippen molar-refractivity contribution in [3.63, 3.8) is 0 Å². The number of rotatable bonds is 4. The van der Waals surface area contributed by atoms with Crippen LogP contribution >= 0.6 is 0 Å². The average Bonchev–Trinajstić information content (AvgIpc) is 2.90. The van der Waals surface area contributed by atoms with Crippen LogP contribution in [0, 0.1) is 5.92 Å². The van der Waals surface area contributed by atoms with Gasteiger partial charge in [-0.3, -0.25) is 0 Å². The summed E-state index contributed by atoms with van der Waals surface area (Å²) in [5.74, 6) is 0.325. The van der Waals surface area contributed by atoms with E-state index in [9.17, 15) is 4.79 Å². The quantitative estimate of drug-likeness (QED) is 0.708. The lowest BCUT2D eigenvalue weighted by Gasteiger charge is -2.00. The number of carbonyl (C=O) groups is 1. The van der Waals surface area contributed by atoms with Gasteiger partial charge in [0.05, 0.1) is 6.61 Å². The minimum absolute atomic E-state index is 0.0734. The van der Waals surface area contributed by atoms with Gasteiger partial charge in [0, 0.05) is 19.6 Å². The molecule has 1 aliphatic rings. The second-order valence-corrected chi connectivity index (χ2v) is 3.67. The molecule has 1 atom stereocenters. The Kier molecular flexibility index (Phi) is 3.51. The van der Waals surface area contributed by atoms with E-state index in [1.54, 1.807) is 6.92 Å². The molecule has 0 aromatic carbocycles. The predicted octanol–water partition coefficient (Wildman–Crippen LogP) is 0.825. The van der Waals surface area contributed by atoms with Crippen molar-refractivity contribution in [1.82, 2.24) is 10.1 Å². The van der Waals surface area contributed by atoms with Gasteiger partial charge in [-0.25, -0.2) is 4.79 Å². The van der Waals surface area contributed by atoms with Crippen LogP contribution in [0.4, 0.5) is 0 Å². The molecule has 0 radical (unpaired) electrons. The summed E-state index contributed by atoms with van der Waals surface area (Å²) in [4.78, 5) is 15.2. The maximum absolute atomic E-state index is 11.3. The largest absolute Gasteiger partial charge is 0.459 e. The molecule has 0 aliphatic carbocycles. The molecular weight excluding hydrogens is 212 g/mol. The Labute approximate surface area is 92.9 Å². The zero-order chi connectivity index (χ0) is 11.4. The molecule has 0 N–H and O–H groups in total. The standard InChI is InChI=1S/C10H14N2O4/c1-2-15-10(13)9-11-8(12-16-9)5-7-3-4-14-6-7/h7H,2-6H2,1H3. The fraction of sp³-hybridized carbons (Fsp3) is 0.700. The van der Waals surface area contributed by atoms with Crippen molar-refractivity contribution < 1.29 is 18.8 Å². The Bertz CT molecular complexity index is 357. The van der Waals surface area contributed by atoms with Crippen molar-refractivity contribution in [2.75, 3.05) is 19.8 Å². The molecule has 88 valence electrons. The molecular formula is C10H14N2O4. The minimum Gasteiger partial charge on any atom is -0.459 e. The second-order valence-electron chi connectivity index (χ2n) is 3.67. The van der Waals surface area contributed by atoms with Crippen molar-refractivity contribution in [3.8, 4) is 0 Å². The van der Waals surface area contributed by atoms with E-state index in [2.05, 4.69) is 10.1 Å². The van der Waals surface area contributed by atoms with Crippen LogP contribution < -0.4 is 0 Å². The summed E-state index contributed by atoms with van der Waals surface area (Å²) in [5, 5.41) is 3.74. The Balaban J connectivity index is 1.93. The van der Waals surface area contributed by atoms with Crippen molar-refractivity contribution in [2.45, 2.75) is 19.8 Å². The summed E-state index contributed by atoms with van der Waals surface area (Å²) in [6.45, 7) is 3.54. The van der Waals surface area contributed by atoms with E-state index < -0.39 is 5.97 Å². The van der Waals surface area contributed by atoms with Crippen molar-refractivity contribution in [1.29, 1.82) is 0 Å². The molecule has 1 aliphatic heterocycles. The lowest BCUT2D eigenvalue weighted by atomic mass is 10.1. The fourth-order valence-corrected chi connectivity index (χ4v) is 1.62. The molecule has 6 nitrogen and oxygen atoms in total. The Hall–Kier alpha value is -1.43. The van der Waals surface area contributed by atoms with Gasteiger partial charge < -0.3 is 14.0 Å². The van der Waals surface area contributed by atoms with Gasteiger partial charge in [0.1, 0.15) is 0 Å². The molecule has 6 heteroatoms. The first-order chi connectivity index (χ1) is 7.79. The summed E-state index contributed by atoms with van der Waals surface area (Å²) in [6, 6.07) is 0. The van der Waals surface area contributed by atoms with Crippen LogP contribution in [0.3, 0.4) is 0 Å². The van der Waals surface area contributed by atoms with Gasteiger partial charge in [-0.05, 0) is 19.3 Å². The average molecular weight is 226 g/mol. The van der Waals surface area contributed by atoms with Crippen LogP contribution in [0.25, 0.3) is 0 Å².